The Kier molecular flexibility index (Phi) is 3.11. The fraction of sp³-hybridized carbons (Fsp3) is 0.429. The van der Waals surface area contributed by atoms with E-state index in [9.17, 15) is 0 Å². The van der Waals surface area contributed by atoms with Crippen LogP contribution in [0.15, 0.2) is 28.7 Å². The van der Waals surface area contributed by atoms with Gasteiger partial charge in [0.15, 0.2) is 0 Å². The number of rotatable bonds is 5. The highest BCUT2D eigenvalue weighted by Gasteiger charge is 2.21. The van der Waals surface area contributed by atoms with Gasteiger partial charge in [-0.2, -0.15) is 0 Å². The summed E-state index contributed by atoms with van der Waals surface area (Å²) in [5.74, 6) is 1.29. The van der Waals surface area contributed by atoms with Crippen LogP contribution < -0.4 is 5.32 Å². The predicted molar refractivity (Wildman–Crippen MR) is 69.0 cm³/mol. The first-order chi connectivity index (χ1) is 8.86. The van der Waals surface area contributed by atoms with Crippen molar-refractivity contribution >= 4 is 0 Å². The maximum atomic E-state index is 5.71. The molecule has 18 heavy (non-hydrogen) atoms. The zero-order valence-corrected chi connectivity index (χ0v) is 10.5. The minimum absolute atomic E-state index is 0.625. The minimum Gasteiger partial charge on any atom is -0.419 e. The van der Waals surface area contributed by atoms with Crippen molar-refractivity contribution in [3.05, 3.63) is 35.7 Å². The van der Waals surface area contributed by atoms with Gasteiger partial charge in [0.05, 0.1) is 6.54 Å². The highest BCUT2D eigenvalue weighted by Crippen LogP contribution is 2.23. The molecule has 0 bridgehead atoms. The lowest BCUT2D eigenvalue weighted by atomic mass is 10.1. The molecule has 1 saturated carbocycles. The number of benzene rings is 1. The summed E-state index contributed by atoms with van der Waals surface area (Å²) < 4.78 is 5.71. The average molecular weight is 243 g/mol. The van der Waals surface area contributed by atoms with E-state index >= 15 is 0 Å². The molecule has 0 atom stereocenters. The van der Waals surface area contributed by atoms with E-state index in [1.54, 1.807) is 0 Å². The Balaban J connectivity index is 1.78. The van der Waals surface area contributed by atoms with E-state index < -0.39 is 0 Å². The Morgan fingerprint density at radius 2 is 2.11 bits per heavy atom. The lowest BCUT2D eigenvalue weighted by Crippen LogP contribution is -2.15. The van der Waals surface area contributed by atoms with Crippen LogP contribution in [0.4, 0.5) is 0 Å². The maximum absolute atomic E-state index is 5.71. The second-order valence-electron chi connectivity index (χ2n) is 4.67. The molecular formula is C14H17N3O. The highest BCUT2D eigenvalue weighted by atomic mass is 16.4. The minimum atomic E-state index is 0.625. The molecule has 4 heteroatoms. The summed E-state index contributed by atoms with van der Waals surface area (Å²) in [6, 6.07) is 8.82. The Hall–Kier alpha value is -1.68. The van der Waals surface area contributed by atoms with Crippen LogP contribution >= 0.6 is 0 Å². The molecule has 0 unspecified atom stereocenters. The SMILES string of the molecule is CCc1ccccc1-c1nnc(CNC2CC2)o1. The molecule has 2 aromatic rings. The molecule has 0 radical (unpaired) electrons. The van der Waals surface area contributed by atoms with Crippen LogP contribution in [0, 0.1) is 0 Å². The Morgan fingerprint density at radius 1 is 1.28 bits per heavy atom. The van der Waals surface area contributed by atoms with E-state index in [0.717, 1.165) is 12.0 Å². The van der Waals surface area contributed by atoms with Crippen LogP contribution in [-0.4, -0.2) is 16.2 Å². The smallest absolute Gasteiger partial charge is 0.248 e. The van der Waals surface area contributed by atoms with Crippen molar-refractivity contribution in [1.82, 2.24) is 15.5 Å². The van der Waals surface area contributed by atoms with Crippen LogP contribution in [0.25, 0.3) is 11.5 Å². The molecule has 0 amide bonds. The van der Waals surface area contributed by atoms with Gasteiger partial charge >= 0.3 is 0 Å². The van der Waals surface area contributed by atoms with E-state index in [4.69, 9.17) is 4.42 Å². The van der Waals surface area contributed by atoms with Crippen molar-refractivity contribution in [3.8, 4) is 11.5 Å². The van der Waals surface area contributed by atoms with Crippen LogP contribution in [0.2, 0.25) is 0 Å². The highest BCUT2D eigenvalue weighted by molar-refractivity contribution is 5.58. The third-order valence-electron chi connectivity index (χ3n) is 3.21. The van der Waals surface area contributed by atoms with E-state index in [-0.39, 0.29) is 0 Å². The fourth-order valence-corrected chi connectivity index (χ4v) is 1.99. The van der Waals surface area contributed by atoms with Crippen LogP contribution in [0.1, 0.15) is 31.2 Å². The predicted octanol–water partition coefficient (Wildman–Crippen LogP) is 2.55. The monoisotopic (exact) mass is 243 g/mol. The molecule has 1 fully saturated rings. The third kappa shape index (κ3) is 2.43. The van der Waals surface area contributed by atoms with Crippen molar-refractivity contribution in [2.24, 2.45) is 0 Å². The summed E-state index contributed by atoms with van der Waals surface area (Å²) in [4.78, 5) is 0. The normalized spacial score (nSPS) is 14.9. The van der Waals surface area contributed by atoms with E-state index in [0.29, 0.717) is 24.4 Å². The average Bonchev–Trinajstić information content (AvgIpc) is 3.13. The van der Waals surface area contributed by atoms with Gasteiger partial charge in [-0.15, -0.1) is 10.2 Å². The van der Waals surface area contributed by atoms with Gasteiger partial charge in [0.25, 0.3) is 0 Å². The molecule has 1 heterocycles. The number of hydrogen-bond acceptors (Lipinski definition) is 4. The first-order valence-electron chi connectivity index (χ1n) is 6.51. The summed E-state index contributed by atoms with van der Waals surface area (Å²) in [6.45, 7) is 2.80. The van der Waals surface area contributed by atoms with Crippen molar-refractivity contribution in [2.45, 2.75) is 38.8 Å². The standard InChI is InChI=1S/C14H17N3O/c1-2-10-5-3-4-6-12(10)14-17-16-13(18-14)9-15-11-7-8-11/h3-6,11,15H,2,7-9H2,1H3. The molecular weight excluding hydrogens is 226 g/mol. The summed E-state index contributed by atoms with van der Waals surface area (Å²) in [5, 5.41) is 11.6. The summed E-state index contributed by atoms with van der Waals surface area (Å²) in [5.41, 5.74) is 2.29. The summed E-state index contributed by atoms with van der Waals surface area (Å²) in [7, 11) is 0. The van der Waals surface area contributed by atoms with Gasteiger partial charge in [0.2, 0.25) is 11.8 Å². The molecule has 1 aromatic heterocycles. The number of nitrogens with zero attached hydrogens (tertiary/aromatic N) is 2. The molecule has 94 valence electrons. The van der Waals surface area contributed by atoms with Gasteiger partial charge in [0.1, 0.15) is 0 Å². The third-order valence-corrected chi connectivity index (χ3v) is 3.21. The zero-order valence-electron chi connectivity index (χ0n) is 10.5. The van der Waals surface area contributed by atoms with Crippen LogP contribution in [-0.2, 0) is 13.0 Å². The van der Waals surface area contributed by atoms with E-state index in [2.05, 4.69) is 28.5 Å². The van der Waals surface area contributed by atoms with Crippen molar-refractivity contribution in [2.75, 3.05) is 0 Å². The molecule has 1 aliphatic carbocycles. The number of nitrogens with one attached hydrogen (secondary N) is 1. The topological polar surface area (TPSA) is 51.0 Å². The van der Waals surface area contributed by atoms with Gasteiger partial charge in [-0.25, -0.2) is 0 Å². The van der Waals surface area contributed by atoms with Crippen molar-refractivity contribution in [1.29, 1.82) is 0 Å². The van der Waals surface area contributed by atoms with E-state index in [1.807, 2.05) is 18.2 Å². The van der Waals surface area contributed by atoms with Gasteiger partial charge in [-0.3, -0.25) is 0 Å². The molecule has 0 saturated heterocycles. The quantitative estimate of drug-likeness (QED) is 0.876. The Morgan fingerprint density at radius 3 is 2.89 bits per heavy atom. The second kappa shape index (κ2) is 4.90. The lowest BCUT2D eigenvalue weighted by Gasteiger charge is -2.02. The second-order valence-corrected chi connectivity index (χ2v) is 4.67. The van der Waals surface area contributed by atoms with E-state index in [1.165, 1.54) is 18.4 Å². The van der Waals surface area contributed by atoms with Gasteiger partial charge in [0, 0.05) is 11.6 Å². The molecule has 3 rings (SSSR count). The number of aryl methyl sites for hydroxylation is 1. The van der Waals surface area contributed by atoms with Gasteiger partial charge < -0.3 is 9.73 Å². The van der Waals surface area contributed by atoms with Crippen LogP contribution in [0.5, 0.6) is 0 Å². The van der Waals surface area contributed by atoms with Crippen LogP contribution in [0.3, 0.4) is 0 Å². The van der Waals surface area contributed by atoms with Crippen molar-refractivity contribution < 1.29 is 4.42 Å². The number of hydrogen-bond donors (Lipinski definition) is 1. The largest absolute Gasteiger partial charge is 0.419 e. The summed E-state index contributed by atoms with van der Waals surface area (Å²) >= 11 is 0. The molecule has 1 aromatic carbocycles. The maximum Gasteiger partial charge on any atom is 0.248 e. The van der Waals surface area contributed by atoms with Gasteiger partial charge in [-0.1, -0.05) is 25.1 Å². The first kappa shape index (κ1) is 11.4. The number of aromatic nitrogens is 2. The molecule has 1 aliphatic rings. The molecule has 4 nitrogen and oxygen atoms in total. The fourth-order valence-electron chi connectivity index (χ4n) is 1.99. The lowest BCUT2D eigenvalue weighted by molar-refractivity contribution is 0.476. The molecule has 0 spiro atoms. The Bertz CT molecular complexity index is 531. The first-order valence-corrected chi connectivity index (χ1v) is 6.51. The zero-order chi connectivity index (χ0) is 12.4. The Labute approximate surface area is 106 Å². The van der Waals surface area contributed by atoms with Crippen molar-refractivity contribution in [3.63, 3.8) is 0 Å². The summed E-state index contributed by atoms with van der Waals surface area (Å²) in [6.07, 6.45) is 3.49. The van der Waals surface area contributed by atoms with Gasteiger partial charge in [-0.05, 0) is 30.9 Å². The molecule has 1 N–H and O–H groups in total. The molecule has 0 aliphatic heterocycles.